The van der Waals surface area contributed by atoms with E-state index in [9.17, 15) is 5.11 Å². The van der Waals surface area contributed by atoms with Gasteiger partial charge in [-0.2, -0.15) is 0 Å². The predicted molar refractivity (Wildman–Crippen MR) is 78.2 cm³/mol. The van der Waals surface area contributed by atoms with Crippen LogP contribution in [0.1, 0.15) is 24.4 Å². The van der Waals surface area contributed by atoms with Crippen LogP contribution in [-0.2, 0) is 0 Å². The van der Waals surface area contributed by atoms with Crippen LogP contribution in [0.2, 0.25) is 0 Å². The van der Waals surface area contributed by atoms with Crippen LogP contribution in [-0.4, -0.2) is 29.6 Å². The summed E-state index contributed by atoms with van der Waals surface area (Å²) in [5, 5.41) is 12.6. The molecule has 19 heavy (non-hydrogen) atoms. The van der Waals surface area contributed by atoms with Gasteiger partial charge in [0.25, 0.3) is 0 Å². The molecule has 0 aliphatic carbocycles. The fourth-order valence-corrected chi connectivity index (χ4v) is 3.14. The van der Waals surface area contributed by atoms with E-state index >= 15 is 0 Å². The number of nitrogens with two attached hydrogens (primary N) is 1. The molecule has 100 valence electrons. The number of phenols is 1. The maximum absolute atomic E-state index is 10.3. The lowest BCUT2D eigenvalue weighted by Crippen LogP contribution is -2.31. The van der Waals surface area contributed by atoms with Crippen LogP contribution in [0, 0.1) is 0 Å². The molecular weight excluding hydrogens is 236 g/mol. The smallest absolute Gasteiger partial charge is 0.121 e. The van der Waals surface area contributed by atoms with E-state index < -0.39 is 0 Å². The molecule has 0 radical (unpaired) electrons. The molecule has 3 heteroatoms. The SMILES string of the molecule is NCC(c1c(O)ccc2ccccc12)N1CCCC1. The summed E-state index contributed by atoms with van der Waals surface area (Å²) in [6.07, 6.45) is 2.45. The molecule has 0 saturated carbocycles. The molecule has 1 saturated heterocycles. The molecular formula is C16H20N2O. The first-order valence-electron chi connectivity index (χ1n) is 6.96. The molecule has 2 aromatic carbocycles. The van der Waals surface area contributed by atoms with Crippen molar-refractivity contribution in [2.45, 2.75) is 18.9 Å². The van der Waals surface area contributed by atoms with Gasteiger partial charge in [-0.3, -0.25) is 4.90 Å². The summed E-state index contributed by atoms with van der Waals surface area (Å²) < 4.78 is 0. The minimum atomic E-state index is 0.119. The van der Waals surface area contributed by atoms with Gasteiger partial charge in [0.05, 0.1) is 6.04 Å². The van der Waals surface area contributed by atoms with Crippen LogP contribution in [0.15, 0.2) is 36.4 Å². The Bertz CT molecular complexity index is 576. The molecule has 3 rings (SSSR count). The Labute approximate surface area is 113 Å². The Morgan fingerprint density at radius 3 is 2.58 bits per heavy atom. The summed E-state index contributed by atoms with van der Waals surface area (Å²) >= 11 is 0. The summed E-state index contributed by atoms with van der Waals surface area (Å²) in [4.78, 5) is 2.39. The summed E-state index contributed by atoms with van der Waals surface area (Å²) in [5.74, 6) is 0.362. The van der Waals surface area contributed by atoms with Crippen molar-refractivity contribution in [3.8, 4) is 5.75 Å². The zero-order chi connectivity index (χ0) is 13.2. The van der Waals surface area contributed by atoms with E-state index in [4.69, 9.17) is 5.73 Å². The number of aromatic hydroxyl groups is 1. The number of hydrogen-bond acceptors (Lipinski definition) is 3. The molecule has 3 N–H and O–H groups in total. The van der Waals surface area contributed by atoms with Crippen LogP contribution in [0.4, 0.5) is 0 Å². The number of phenolic OH excluding ortho intramolecular Hbond substituents is 1. The summed E-state index contributed by atoms with van der Waals surface area (Å²) in [6.45, 7) is 2.69. The number of rotatable bonds is 3. The third-order valence-electron chi connectivity index (χ3n) is 4.09. The number of fused-ring (bicyclic) bond motifs is 1. The van der Waals surface area contributed by atoms with Crippen LogP contribution in [0.5, 0.6) is 5.75 Å². The standard InChI is InChI=1S/C16H20N2O/c17-11-14(18-9-3-4-10-18)16-13-6-2-1-5-12(13)7-8-15(16)19/h1-2,5-8,14,19H,3-4,9-11,17H2. The van der Waals surface area contributed by atoms with Crippen molar-refractivity contribution in [2.75, 3.05) is 19.6 Å². The number of nitrogens with zero attached hydrogens (tertiary/aromatic N) is 1. The van der Waals surface area contributed by atoms with Gasteiger partial charge < -0.3 is 10.8 Å². The van der Waals surface area contributed by atoms with Gasteiger partial charge in [-0.1, -0.05) is 30.3 Å². The Balaban J connectivity index is 2.13. The summed E-state index contributed by atoms with van der Waals surface area (Å²) in [5.41, 5.74) is 6.98. The second-order valence-corrected chi connectivity index (χ2v) is 5.21. The lowest BCUT2D eigenvalue weighted by atomic mass is 9.96. The third-order valence-corrected chi connectivity index (χ3v) is 4.09. The molecule has 1 aliphatic rings. The van der Waals surface area contributed by atoms with Gasteiger partial charge in [-0.05, 0) is 42.8 Å². The van der Waals surface area contributed by atoms with E-state index in [1.54, 1.807) is 6.07 Å². The maximum Gasteiger partial charge on any atom is 0.121 e. The van der Waals surface area contributed by atoms with Crippen LogP contribution >= 0.6 is 0 Å². The number of benzene rings is 2. The molecule has 0 bridgehead atoms. The molecule has 1 unspecified atom stereocenters. The fourth-order valence-electron chi connectivity index (χ4n) is 3.14. The van der Waals surface area contributed by atoms with E-state index in [0.29, 0.717) is 12.3 Å². The van der Waals surface area contributed by atoms with Gasteiger partial charge in [0, 0.05) is 12.1 Å². The quantitative estimate of drug-likeness (QED) is 0.887. The summed E-state index contributed by atoms with van der Waals surface area (Å²) in [7, 11) is 0. The van der Waals surface area contributed by atoms with Crippen molar-refractivity contribution in [3.05, 3.63) is 42.0 Å². The highest BCUT2D eigenvalue weighted by atomic mass is 16.3. The first-order valence-corrected chi connectivity index (χ1v) is 6.96. The van der Waals surface area contributed by atoms with Gasteiger partial charge in [-0.15, -0.1) is 0 Å². The highest BCUT2D eigenvalue weighted by molar-refractivity contribution is 5.88. The topological polar surface area (TPSA) is 49.5 Å². The number of hydrogen-bond donors (Lipinski definition) is 2. The molecule has 2 aromatic rings. The summed E-state index contributed by atoms with van der Waals surface area (Å²) in [6, 6.07) is 12.1. The Kier molecular flexibility index (Phi) is 3.40. The van der Waals surface area contributed by atoms with Crippen LogP contribution < -0.4 is 5.73 Å². The van der Waals surface area contributed by atoms with Crippen molar-refractivity contribution in [1.29, 1.82) is 0 Å². The zero-order valence-corrected chi connectivity index (χ0v) is 11.0. The van der Waals surface area contributed by atoms with Crippen molar-refractivity contribution in [3.63, 3.8) is 0 Å². The highest BCUT2D eigenvalue weighted by Crippen LogP contribution is 2.36. The molecule has 1 fully saturated rings. The minimum Gasteiger partial charge on any atom is -0.508 e. The average molecular weight is 256 g/mol. The predicted octanol–water partition coefficient (Wildman–Crippen LogP) is 2.64. The van der Waals surface area contributed by atoms with Crippen LogP contribution in [0.3, 0.4) is 0 Å². The molecule has 3 nitrogen and oxygen atoms in total. The minimum absolute atomic E-state index is 0.119. The molecule has 0 spiro atoms. The van der Waals surface area contributed by atoms with E-state index in [2.05, 4.69) is 17.0 Å². The molecule has 1 atom stereocenters. The zero-order valence-electron chi connectivity index (χ0n) is 11.0. The molecule has 1 aliphatic heterocycles. The van der Waals surface area contributed by atoms with Gasteiger partial charge in [-0.25, -0.2) is 0 Å². The van der Waals surface area contributed by atoms with Crippen molar-refractivity contribution in [1.82, 2.24) is 4.90 Å². The Morgan fingerprint density at radius 1 is 1.11 bits per heavy atom. The first kappa shape index (κ1) is 12.5. The van der Waals surface area contributed by atoms with E-state index in [0.717, 1.165) is 29.4 Å². The second-order valence-electron chi connectivity index (χ2n) is 5.21. The van der Waals surface area contributed by atoms with Crippen molar-refractivity contribution >= 4 is 10.8 Å². The third kappa shape index (κ3) is 2.20. The van der Waals surface area contributed by atoms with Gasteiger partial charge in [0.1, 0.15) is 5.75 Å². The van der Waals surface area contributed by atoms with E-state index in [1.165, 1.54) is 12.8 Å². The normalized spacial score (nSPS) is 17.9. The fraction of sp³-hybridized carbons (Fsp3) is 0.375. The van der Waals surface area contributed by atoms with Crippen molar-refractivity contribution < 1.29 is 5.11 Å². The lowest BCUT2D eigenvalue weighted by molar-refractivity contribution is 0.248. The molecule has 1 heterocycles. The molecule has 0 amide bonds. The van der Waals surface area contributed by atoms with Gasteiger partial charge >= 0.3 is 0 Å². The monoisotopic (exact) mass is 256 g/mol. The average Bonchev–Trinajstić information content (AvgIpc) is 2.96. The maximum atomic E-state index is 10.3. The largest absolute Gasteiger partial charge is 0.508 e. The Morgan fingerprint density at radius 2 is 1.84 bits per heavy atom. The molecule has 0 aromatic heterocycles. The van der Waals surface area contributed by atoms with E-state index in [1.807, 2.05) is 18.2 Å². The Hall–Kier alpha value is -1.58. The second kappa shape index (κ2) is 5.19. The van der Waals surface area contributed by atoms with Gasteiger partial charge in [0.2, 0.25) is 0 Å². The number of likely N-dealkylation sites (tertiary alicyclic amines) is 1. The van der Waals surface area contributed by atoms with Gasteiger partial charge in [0.15, 0.2) is 0 Å². The van der Waals surface area contributed by atoms with Crippen LogP contribution in [0.25, 0.3) is 10.8 Å². The highest BCUT2D eigenvalue weighted by Gasteiger charge is 2.25. The lowest BCUT2D eigenvalue weighted by Gasteiger charge is -2.28. The first-order chi connectivity index (χ1) is 9.31. The van der Waals surface area contributed by atoms with Crippen molar-refractivity contribution in [2.24, 2.45) is 5.73 Å². The van der Waals surface area contributed by atoms with E-state index in [-0.39, 0.29) is 6.04 Å².